The molecule has 102 valence electrons. The van der Waals surface area contributed by atoms with Crippen molar-refractivity contribution in [3.63, 3.8) is 0 Å². The summed E-state index contributed by atoms with van der Waals surface area (Å²) in [7, 11) is 0. The number of anilines is 1. The fraction of sp³-hybridized carbons (Fsp3) is 0.667. The van der Waals surface area contributed by atoms with Crippen LogP contribution in [0.15, 0.2) is 12.1 Å². The van der Waals surface area contributed by atoms with Gasteiger partial charge < -0.3 is 10.0 Å². The predicted octanol–water partition coefficient (Wildman–Crippen LogP) is 3.32. The Hall–Kier alpha value is -1.09. The van der Waals surface area contributed by atoms with E-state index in [1.54, 1.807) is 0 Å². The molecule has 0 amide bonds. The Bertz CT molecular complexity index is 364. The highest BCUT2D eigenvalue weighted by Crippen LogP contribution is 2.20. The summed E-state index contributed by atoms with van der Waals surface area (Å²) in [4.78, 5) is 7.01. The molecule has 0 saturated heterocycles. The number of aliphatic hydroxyl groups excluding tert-OH is 1. The van der Waals surface area contributed by atoms with E-state index in [0.717, 1.165) is 30.2 Å². The van der Waals surface area contributed by atoms with E-state index < -0.39 is 0 Å². The summed E-state index contributed by atoms with van der Waals surface area (Å²) in [5.74, 6) is 1.39. The predicted molar refractivity (Wildman–Crippen MR) is 77.0 cm³/mol. The van der Waals surface area contributed by atoms with Crippen LogP contribution in [0.1, 0.15) is 57.7 Å². The van der Waals surface area contributed by atoms with Crippen molar-refractivity contribution in [2.45, 2.75) is 53.1 Å². The number of hydrogen-bond acceptors (Lipinski definition) is 3. The van der Waals surface area contributed by atoms with Gasteiger partial charge in [0.15, 0.2) is 0 Å². The van der Waals surface area contributed by atoms with Crippen molar-refractivity contribution in [1.29, 1.82) is 0 Å². The molecule has 0 radical (unpaired) electrons. The van der Waals surface area contributed by atoms with Gasteiger partial charge in [0.2, 0.25) is 0 Å². The van der Waals surface area contributed by atoms with Crippen molar-refractivity contribution < 1.29 is 5.11 Å². The Morgan fingerprint density at radius 2 is 2.00 bits per heavy atom. The SMILES string of the molecule is CCCCN(CC)c1cc(CO)cc(C(C)C)n1. The third-order valence-electron chi connectivity index (χ3n) is 3.15. The van der Waals surface area contributed by atoms with E-state index in [-0.39, 0.29) is 6.61 Å². The molecule has 0 saturated carbocycles. The van der Waals surface area contributed by atoms with Crippen molar-refractivity contribution in [2.75, 3.05) is 18.0 Å². The first kappa shape index (κ1) is 15.0. The molecule has 0 aliphatic heterocycles. The van der Waals surface area contributed by atoms with Gasteiger partial charge in [-0.05, 0) is 37.0 Å². The number of hydrogen-bond donors (Lipinski definition) is 1. The zero-order valence-corrected chi connectivity index (χ0v) is 12.1. The monoisotopic (exact) mass is 250 g/mol. The molecule has 0 aromatic carbocycles. The minimum absolute atomic E-state index is 0.0839. The zero-order valence-electron chi connectivity index (χ0n) is 12.1. The van der Waals surface area contributed by atoms with Crippen molar-refractivity contribution in [1.82, 2.24) is 4.98 Å². The van der Waals surface area contributed by atoms with Crippen LogP contribution < -0.4 is 4.90 Å². The van der Waals surface area contributed by atoms with E-state index >= 15 is 0 Å². The molecule has 0 fully saturated rings. The largest absolute Gasteiger partial charge is 0.392 e. The van der Waals surface area contributed by atoms with Gasteiger partial charge in [0, 0.05) is 18.8 Å². The first-order valence-electron chi connectivity index (χ1n) is 6.99. The van der Waals surface area contributed by atoms with Crippen molar-refractivity contribution >= 4 is 5.82 Å². The number of unbranched alkanes of at least 4 members (excludes halogenated alkanes) is 1. The summed E-state index contributed by atoms with van der Waals surface area (Å²) in [5.41, 5.74) is 2.02. The van der Waals surface area contributed by atoms with E-state index in [9.17, 15) is 5.11 Å². The summed E-state index contributed by atoms with van der Waals surface area (Å²) in [6.45, 7) is 10.7. The number of rotatable bonds is 7. The van der Waals surface area contributed by atoms with Gasteiger partial charge in [-0.2, -0.15) is 0 Å². The van der Waals surface area contributed by atoms with Crippen LogP contribution in [-0.4, -0.2) is 23.2 Å². The molecule has 0 unspecified atom stereocenters. The number of aromatic nitrogens is 1. The summed E-state index contributed by atoms with van der Waals surface area (Å²) in [6, 6.07) is 4.01. The maximum absolute atomic E-state index is 9.35. The van der Waals surface area contributed by atoms with Crippen molar-refractivity contribution in [3.8, 4) is 0 Å². The lowest BCUT2D eigenvalue weighted by molar-refractivity contribution is 0.281. The maximum atomic E-state index is 9.35. The number of nitrogens with zero attached hydrogens (tertiary/aromatic N) is 2. The minimum atomic E-state index is 0.0839. The van der Waals surface area contributed by atoms with Crippen molar-refractivity contribution in [3.05, 3.63) is 23.4 Å². The Morgan fingerprint density at radius 1 is 1.28 bits per heavy atom. The molecule has 1 heterocycles. The summed E-state index contributed by atoms with van der Waals surface area (Å²) in [6.07, 6.45) is 2.36. The zero-order chi connectivity index (χ0) is 13.5. The molecule has 1 rings (SSSR count). The molecule has 0 aliphatic rings. The Labute approximate surface area is 111 Å². The van der Waals surface area contributed by atoms with E-state index in [0.29, 0.717) is 5.92 Å². The smallest absolute Gasteiger partial charge is 0.129 e. The van der Waals surface area contributed by atoms with E-state index in [4.69, 9.17) is 4.98 Å². The molecule has 1 aromatic rings. The van der Waals surface area contributed by atoms with Gasteiger partial charge in [0.05, 0.1) is 6.61 Å². The number of pyridine rings is 1. The average Bonchev–Trinajstić information content (AvgIpc) is 2.39. The van der Waals surface area contributed by atoms with Gasteiger partial charge in [-0.3, -0.25) is 0 Å². The highest BCUT2D eigenvalue weighted by molar-refractivity contribution is 5.43. The van der Waals surface area contributed by atoms with Gasteiger partial charge in [-0.1, -0.05) is 27.2 Å². The normalized spacial score (nSPS) is 11.0. The molecule has 0 aliphatic carbocycles. The van der Waals surface area contributed by atoms with Gasteiger partial charge >= 0.3 is 0 Å². The second kappa shape index (κ2) is 7.37. The van der Waals surface area contributed by atoms with E-state index in [1.807, 2.05) is 12.1 Å². The third-order valence-corrected chi connectivity index (χ3v) is 3.15. The number of aliphatic hydroxyl groups is 1. The average molecular weight is 250 g/mol. The molecule has 0 spiro atoms. The molecule has 0 bridgehead atoms. The molecule has 1 N–H and O–H groups in total. The quantitative estimate of drug-likeness (QED) is 0.806. The third kappa shape index (κ3) is 3.98. The maximum Gasteiger partial charge on any atom is 0.129 e. The second-order valence-corrected chi connectivity index (χ2v) is 5.00. The molecular formula is C15H26N2O. The summed E-state index contributed by atoms with van der Waals surface area (Å²) in [5, 5.41) is 9.35. The second-order valence-electron chi connectivity index (χ2n) is 5.00. The van der Waals surface area contributed by atoms with Gasteiger partial charge in [0.25, 0.3) is 0 Å². The minimum Gasteiger partial charge on any atom is -0.392 e. The fourth-order valence-corrected chi connectivity index (χ4v) is 1.93. The van der Waals surface area contributed by atoms with Crippen LogP contribution in [0.3, 0.4) is 0 Å². The van der Waals surface area contributed by atoms with Gasteiger partial charge in [-0.25, -0.2) is 4.98 Å². The van der Waals surface area contributed by atoms with Crippen molar-refractivity contribution in [2.24, 2.45) is 0 Å². The highest BCUT2D eigenvalue weighted by Gasteiger charge is 2.10. The molecule has 1 aromatic heterocycles. The van der Waals surface area contributed by atoms with E-state index in [1.165, 1.54) is 12.8 Å². The molecular weight excluding hydrogens is 224 g/mol. The van der Waals surface area contributed by atoms with Crippen LogP contribution in [0, 0.1) is 0 Å². The van der Waals surface area contributed by atoms with Crippen LogP contribution in [0.25, 0.3) is 0 Å². The highest BCUT2D eigenvalue weighted by atomic mass is 16.3. The van der Waals surface area contributed by atoms with Crippen LogP contribution >= 0.6 is 0 Å². The Kier molecular flexibility index (Phi) is 6.13. The summed E-state index contributed by atoms with van der Waals surface area (Å²) < 4.78 is 0. The van der Waals surface area contributed by atoms with Crippen LogP contribution in [0.2, 0.25) is 0 Å². The first-order valence-corrected chi connectivity index (χ1v) is 6.99. The van der Waals surface area contributed by atoms with Crippen LogP contribution in [-0.2, 0) is 6.61 Å². The molecule has 0 atom stereocenters. The molecule has 18 heavy (non-hydrogen) atoms. The summed E-state index contributed by atoms with van der Waals surface area (Å²) >= 11 is 0. The Balaban J connectivity index is 3.00. The lowest BCUT2D eigenvalue weighted by atomic mass is 10.1. The van der Waals surface area contributed by atoms with E-state index in [2.05, 4.69) is 32.6 Å². The lowest BCUT2D eigenvalue weighted by Crippen LogP contribution is -2.25. The lowest BCUT2D eigenvalue weighted by Gasteiger charge is -2.23. The van der Waals surface area contributed by atoms with Gasteiger partial charge in [-0.15, -0.1) is 0 Å². The van der Waals surface area contributed by atoms with Crippen LogP contribution in [0.5, 0.6) is 0 Å². The molecule has 3 heteroatoms. The van der Waals surface area contributed by atoms with Gasteiger partial charge in [0.1, 0.15) is 5.82 Å². The Morgan fingerprint density at radius 3 is 2.50 bits per heavy atom. The standard InChI is InChI=1S/C15H26N2O/c1-5-7-8-17(6-2)15-10-13(11-18)9-14(16-15)12(3)4/h9-10,12,18H,5-8,11H2,1-4H3. The topological polar surface area (TPSA) is 36.4 Å². The fourth-order valence-electron chi connectivity index (χ4n) is 1.93. The first-order chi connectivity index (χ1) is 8.62. The van der Waals surface area contributed by atoms with Crippen LogP contribution in [0.4, 0.5) is 5.82 Å². The molecule has 3 nitrogen and oxygen atoms in total.